The molecule has 0 aliphatic carbocycles. The summed E-state index contributed by atoms with van der Waals surface area (Å²) < 4.78 is 0. The molecule has 0 radical (unpaired) electrons. The molecule has 0 amide bonds. The fourth-order valence-electron chi connectivity index (χ4n) is 1.24. The summed E-state index contributed by atoms with van der Waals surface area (Å²) in [7, 11) is 0. The van der Waals surface area contributed by atoms with Gasteiger partial charge in [0.15, 0.2) is 0 Å². The van der Waals surface area contributed by atoms with Crippen LogP contribution in [0.25, 0.3) is 0 Å². The van der Waals surface area contributed by atoms with Crippen molar-refractivity contribution in [1.29, 1.82) is 0 Å². The molecule has 1 N–H and O–H groups in total. The van der Waals surface area contributed by atoms with E-state index < -0.39 is 0 Å². The maximum atomic E-state index is 5.17. The van der Waals surface area contributed by atoms with E-state index in [2.05, 4.69) is 24.7 Å². The normalized spacial score (nSPS) is 12.0. The van der Waals surface area contributed by atoms with Gasteiger partial charge < -0.3 is 5.32 Å². The van der Waals surface area contributed by atoms with E-state index in [4.69, 9.17) is 6.42 Å². The van der Waals surface area contributed by atoms with Crippen molar-refractivity contribution in [2.24, 2.45) is 0 Å². The molecule has 1 nitrogen and oxygen atoms in total. The van der Waals surface area contributed by atoms with Crippen LogP contribution in [0.2, 0.25) is 0 Å². The van der Waals surface area contributed by atoms with Crippen LogP contribution in [-0.4, -0.2) is 12.6 Å². The van der Waals surface area contributed by atoms with Crippen molar-refractivity contribution in [2.45, 2.75) is 38.6 Å². The zero-order valence-corrected chi connectivity index (χ0v) is 7.97. The molecule has 0 spiro atoms. The fourth-order valence-corrected chi connectivity index (χ4v) is 1.24. The Bertz CT molecular complexity index is 144. The van der Waals surface area contributed by atoms with E-state index in [9.17, 15) is 0 Å². The lowest BCUT2D eigenvalue weighted by Crippen LogP contribution is -2.28. The Kier molecular flexibility index (Phi) is 7.84. The molecule has 0 fully saturated rings. The largest absolute Gasteiger partial charge is 0.314 e. The zero-order valence-electron chi connectivity index (χ0n) is 7.97. The highest BCUT2D eigenvalue weighted by Crippen LogP contribution is 2.04. The van der Waals surface area contributed by atoms with Gasteiger partial charge in [0, 0.05) is 12.5 Å². The Labute approximate surface area is 76.2 Å². The molecule has 0 aromatic carbocycles. The average Bonchev–Trinajstić information content (AvgIpc) is 2.06. The van der Waals surface area contributed by atoms with E-state index in [0.29, 0.717) is 6.04 Å². The van der Waals surface area contributed by atoms with Gasteiger partial charge in [-0.2, -0.15) is 0 Å². The van der Waals surface area contributed by atoms with Crippen molar-refractivity contribution in [3.05, 3.63) is 12.7 Å². The van der Waals surface area contributed by atoms with Crippen molar-refractivity contribution in [1.82, 2.24) is 5.32 Å². The highest BCUT2D eigenvalue weighted by molar-refractivity contribution is 4.85. The van der Waals surface area contributed by atoms with Crippen LogP contribution < -0.4 is 5.32 Å². The first-order chi connectivity index (χ1) is 5.85. The molecule has 1 unspecified atom stereocenters. The first kappa shape index (κ1) is 11.3. The molecule has 1 atom stereocenters. The molecule has 0 rings (SSSR count). The smallest absolute Gasteiger partial charge is 0.0102 e. The lowest BCUT2D eigenvalue weighted by atomic mass is 10.1. The lowest BCUT2D eigenvalue weighted by molar-refractivity contribution is 0.486. The van der Waals surface area contributed by atoms with Crippen LogP contribution >= 0.6 is 0 Å². The van der Waals surface area contributed by atoms with Gasteiger partial charge in [0.25, 0.3) is 0 Å². The van der Waals surface area contributed by atoms with Crippen LogP contribution in [-0.2, 0) is 0 Å². The van der Waals surface area contributed by atoms with E-state index in [1.54, 1.807) is 0 Å². The number of terminal acetylenes is 1. The van der Waals surface area contributed by atoms with Gasteiger partial charge >= 0.3 is 0 Å². The summed E-state index contributed by atoms with van der Waals surface area (Å²) in [6.45, 7) is 6.88. The lowest BCUT2D eigenvalue weighted by Gasteiger charge is -2.14. The molecular weight excluding hydrogens is 146 g/mol. The van der Waals surface area contributed by atoms with Crippen molar-refractivity contribution < 1.29 is 0 Å². The van der Waals surface area contributed by atoms with Gasteiger partial charge in [-0.25, -0.2) is 0 Å². The van der Waals surface area contributed by atoms with Crippen LogP contribution in [0.1, 0.15) is 32.6 Å². The van der Waals surface area contributed by atoms with Gasteiger partial charge in [-0.15, -0.1) is 18.9 Å². The number of hydrogen-bond acceptors (Lipinski definition) is 1. The SMILES string of the molecule is C#CCCCC(CC=C)NCC. The second-order valence-electron chi connectivity index (χ2n) is 2.88. The van der Waals surface area contributed by atoms with Crippen molar-refractivity contribution in [2.75, 3.05) is 6.54 Å². The summed E-state index contributed by atoms with van der Waals surface area (Å²) in [4.78, 5) is 0. The number of nitrogens with one attached hydrogen (secondary N) is 1. The number of hydrogen-bond donors (Lipinski definition) is 1. The van der Waals surface area contributed by atoms with Crippen molar-refractivity contribution in [3.8, 4) is 12.3 Å². The third-order valence-corrected chi connectivity index (χ3v) is 1.82. The Hall–Kier alpha value is -0.740. The standard InChI is InChI=1S/C11H19N/c1-4-7-8-10-11(9-5-2)12-6-3/h1,5,11-12H,2,6-10H2,3H3. The summed E-state index contributed by atoms with van der Waals surface area (Å²) >= 11 is 0. The molecular formula is C11H19N. The van der Waals surface area contributed by atoms with Gasteiger partial charge in [-0.05, 0) is 25.8 Å². The average molecular weight is 165 g/mol. The molecule has 0 aromatic heterocycles. The Morgan fingerprint density at radius 2 is 2.42 bits per heavy atom. The minimum Gasteiger partial charge on any atom is -0.314 e. The summed E-state index contributed by atoms with van der Waals surface area (Å²) in [5.41, 5.74) is 0. The van der Waals surface area contributed by atoms with Gasteiger partial charge in [0.1, 0.15) is 0 Å². The molecule has 12 heavy (non-hydrogen) atoms. The maximum Gasteiger partial charge on any atom is 0.0102 e. The number of unbranched alkanes of at least 4 members (excludes halogenated alkanes) is 1. The second kappa shape index (κ2) is 8.36. The predicted octanol–water partition coefficient (Wildman–Crippen LogP) is 2.34. The Morgan fingerprint density at radius 3 is 2.92 bits per heavy atom. The molecule has 0 saturated heterocycles. The topological polar surface area (TPSA) is 12.0 Å². The van der Waals surface area contributed by atoms with Gasteiger partial charge in [0.05, 0.1) is 0 Å². The van der Waals surface area contributed by atoms with E-state index in [1.807, 2.05) is 6.08 Å². The minimum atomic E-state index is 0.570. The number of rotatable bonds is 7. The van der Waals surface area contributed by atoms with Crippen LogP contribution in [0, 0.1) is 12.3 Å². The summed E-state index contributed by atoms with van der Waals surface area (Å²) in [5, 5.41) is 3.40. The second-order valence-corrected chi connectivity index (χ2v) is 2.88. The molecule has 1 heteroatoms. The van der Waals surface area contributed by atoms with Crippen LogP contribution in [0.5, 0.6) is 0 Å². The molecule has 0 saturated carbocycles. The Morgan fingerprint density at radius 1 is 1.67 bits per heavy atom. The minimum absolute atomic E-state index is 0.570. The molecule has 68 valence electrons. The first-order valence-corrected chi connectivity index (χ1v) is 4.62. The molecule has 0 aliphatic rings. The third-order valence-electron chi connectivity index (χ3n) is 1.82. The molecule has 0 aromatic rings. The molecule has 0 bridgehead atoms. The highest BCUT2D eigenvalue weighted by atomic mass is 14.9. The summed E-state index contributed by atoms with van der Waals surface area (Å²) in [6.07, 6.45) is 11.3. The van der Waals surface area contributed by atoms with E-state index in [1.165, 1.54) is 0 Å². The van der Waals surface area contributed by atoms with Gasteiger partial charge in [0.2, 0.25) is 0 Å². The maximum absolute atomic E-state index is 5.17. The van der Waals surface area contributed by atoms with Gasteiger partial charge in [-0.1, -0.05) is 13.0 Å². The predicted molar refractivity (Wildman–Crippen MR) is 55.0 cm³/mol. The zero-order chi connectivity index (χ0) is 9.23. The fraction of sp³-hybridized carbons (Fsp3) is 0.636. The highest BCUT2D eigenvalue weighted by Gasteiger charge is 2.02. The quantitative estimate of drug-likeness (QED) is 0.347. The first-order valence-electron chi connectivity index (χ1n) is 4.62. The summed E-state index contributed by atoms with van der Waals surface area (Å²) in [6, 6.07) is 0.570. The van der Waals surface area contributed by atoms with Crippen molar-refractivity contribution in [3.63, 3.8) is 0 Å². The van der Waals surface area contributed by atoms with Gasteiger partial charge in [-0.3, -0.25) is 0 Å². The van der Waals surface area contributed by atoms with E-state index in [0.717, 1.165) is 32.2 Å². The van der Waals surface area contributed by atoms with Crippen molar-refractivity contribution >= 4 is 0 Å². The van der Waals surface area contributed by atoms with Crippen LogP contribution in [0.3, 0.4) is 0 Å². The van der Waals surface area contributed by atoms with E-state index >= 15 is 0 Å². The van der Waals surface area contributed by atoms with Crippen LogP contribution in [0.15, 0.2) is 12.7 Å². The van der Waals surface area contributed by atoms with E-state index in [-0.39, 0.29) is 0 Å². The molecule has 0 aliphatic heterocycles. The third kappa shape index (κ3) is 6.00. The summed E-state index contributed by atoms with van der Waals surface area (Å²) in [5.74, 6) is 2.65. The molecule has 0 heterocycles. The Balaban J connectivity index is 3.48. The van der Waals surface area contributed by atoms with Crippen LogP contribution in [0.4, 0.5) is 0 Å². The monoisotopic (exact) mass is 165 g/mol.